The molecule has 0 radical (unpaired) electrons. The van der Waals surface area contributed by atoms with E-state index in [1.165, 1.54) is 22.3 Å². The summed E-state index contributed by atoms with van der Waals surface area (Å²) in [5.74, 6) is 1.07. The lowest BCUT2D eigenvalue weighted by atomic mass is 10.1. The minimum Gasteiger partial charge on any atom is -0.352 e. The first-order chi connectivity index (χ1) is 15.2. The van der Waals surface area contributed by atoms with Gasteiger partial charge in [-0.15, -0.1) is 11.8 Å². The summed E-state index contributed by atoms with van der Waals surface area (Å²) in [5, 5.41) is 3.07. The lowest BCUT2D eigenvalue weighted by Gasteiger charge is -2.31. The molecule has 0 aromatic heterocycles. The van der Waals surface area contributed by atoms with Crippen LogP contribution in [0.5, 0.6) is 0 Å². The van der Waals surface area contributed by atoms with Gasteiger partial charge in [0.25, 0.3) is 0 Å². The van der Waals surface area contributed by atoms with E-state index in [1.807, 2.05) is 52.0 Å². The van der Waals surface area contributed by atoms with E-state index in [-0.39, 0.29) is 17.9 Å². The van der Waals surface area contributed by atoms with Crippen molar-refractivity contribution in [2.24, 2.45) is 0 Å². The largest absolute Gasteiger partial charge is 0.352 e. The zero-order valence-electron chi connectivity index (χ0n) is 20.4. The standard InChI is InChI=1S/C27H38N2O2S/c1-7-22(6)28-27(31)25(8-2)29(16-23-11-9-19(3)10-12-23)26(30)18-32-17-24-14-20(4)13-21(5)15-24/h9-15,22,25H,7-8,16-18H2,1-6H3,(H,28,31)/t22-,25+/m1/s1. The predicted octanol–water partition coefficient (Wildman–Crippen LogP) is 5.57. The Morgan fingerprint density at radius 2 is 1.53 bits per heavy atom. The van der Waals surface area contributed by atoms with Gasteiger partial charge in [0.15, 0.2) is 0 Å². The van der Waals surface area contributed by atoms with Crippen LogP contribution >= 0.6 is 11.8 Å². The zero-order chi connectivity index (χ0) is 23.7. The number of carbonyl (C=O) groups is 2. The number of carbonyl (C=O) groups excluding carboxylic acids is 2. The summed E-state index contributed by atoms with van der Waals surface area (Å²) in [6.07, 6.45) is 1.45. The van der Waals surface area contributed by atoms with Crippen LogP contribution in [-0.2, 0) is 21.9 Å². The van der Waals surface area contributed by atoms with Crippen molar-refractivity contribution in [2.45, 2.75) is 78.8 Å². The number of amides is 2. The monoisotopic (exact) mass is 454 g/mol. The normalized spacial score (nSPS) is 12.8. The van der Waals surface area contributed by atoms with Gasteiger partial charge in [-0.05, 0) is 51.7 Å². The van der Waals surface area contributed by atoms with Gasteiger partial charge in [0.05, 0.1) is 5.75 Å². The molecule has 0 aliphatic rings. The van der Waals surface area contributed by atoms with E-state index < -0.39 is 6.04 Å². The number of hydrogen-bond donors (Lipinski definition) is 1. The molecule has 0 fully saturated rings. The Hall–Kier alpha value is -2.27. The molecule has 0 aliphatic carbocycles. The van der Waals surface area contributed by atoms with Gasteiger partial charge in [0, 0.05) is 18.3 Å². The summed E-state index contributed by atoms with van der Waals surface area (Å²) < 4.78 is 0. The fourth-order valence-electron chi connectivity index (χ4n) is 3.74. The second kappa shape index (κ2) is 12.7. The highest BCUT2D eigenvalue weighted by Gasteiger charge is 2.29. The smallest absolute Gasteiger partial charge is 0.243 e. The molecule has 32 heavy (non-hydrogen) atoms. The summed E-state index contributed by atoms with van der Waals surface area (Å²) in [4.78, 5) is 28.1. The lowest BCUT2D eigenvalue weighted by molar-refractivity contribution is -0.139. The van der Waals surface area contributed by atoms with E-state index in [9.17, 15) is 9.59 Å². The summed E-state index contributed by atoms with van der Waals surface area (Å²) in [6.45, 7) is 12.7. The van der Waals surface area contributed by atoms with Crippen LogP contribution in [0.4, 0.5) is 0 Å². The highest BCUT2D eigenvalue weighted by atomic mass is 32.2. The molecule has 2 amide bonds. The van der Waals surface area contributed by atoms with Crippen molar-refractivity contribution in [1.82, 2.24) is 10.2 Å². The second-order valence-electron chi connectivity index (χ2n) is 8.74. The van der Waals surface area contributed by atoms with Crippen molar-refractivity contribution < 1.29 is 9.59 Å². The van der Waals surface area contributed by atoms with Crippen LogP contribution in [0, 0.1) is 20.8 Å². The third-order valence-electron chi connectivity index (χ3n) is 5.64. The maximum absolute atomic E-state index is 13.3. The fraction of sp³-hybridized carbons (Fsp3) is 0.481. The second-order valence-corrected chi connectivity index (χ2v) is 9.72. The Labute approximate surface area is 198 Å². The van der Waals surface area contributed by atoms with Gasteiger partial charge in [-0.2, -0.15) is 0 Å². The molecular weight excluding hydrogens is 416 g/mol. The van der Waals surface area contributed by atoms with Crippen LogP contribution in [0.2, 0.25) is 0 Å². The average molecular weight is 455 g/mol. The van der Waals surface area contributed by atoms with Gasteiger partial charge in [0.2, 0.25) is 11.8 Å². The molecule has 2 aromatic rings. The van der Waals surface area contributed by atoms with Crippen LogP contribution in [0.15, 0.2) is 42.5 Å². The van der Waals surface area contributed by atoms with E-state index in [1.54, 1.807) is 16.7 Å². The predicted molar refractivity (Wildman–Crippen MR) is 136 cm³/mol. The third kappa shape index (κ3) is 8.01. The van der Waals surface area contributed by atoms with Crippen molar-refractivity contribution in [3.8, 4) is 0 Å². The van der Waals surface area contributed by atoms with Gasteiger partial charge in [-0.25, -0.2) is 0 Å². The van der Waals surface area contributed by atoms with Crippen molar-refractivity contribution in [2.75, 3.05) is 5.75 Å². The van der Waals surface area contributed by atoms with Crippen LogP contribution in [0.1, 0.15) is 61.4 Å². The van der Waals surface area contributed by atoms with E-state index in [4.69, 9.17) is 0 Å². The maximum atomic E-state index is 13.3. The molecule has 0 aliphatic heterocycles. The number of benzene rings is 2. The number of aryl methyl sites for hydroxylation is 3. The molecule has 5 heteroatoms. The Morgan fingerprint density at radius 3 is 2.09 bits per heavy atom. The number of nitrogens with one attached hydrogen (secondary N) is 1. The fourth-order valence-corrected chi connectivity index (χ4v) is 4.59. The molecule has 0 saturated heterocycles. The molecule has 1 N–H and O–H groups in total. The minimum absolute atomic E-state index is 0.00565. The highest BCUT2D eigenvalue weighted by Crippen LogP contribution is 2.19. The molecule has 0 bridgehead atoms. The van der Waals surface area contributed by atoms with Gasteiger partial charge < -0.3 is 10.2 Å². The Bertz CT molecular complexity index is 875. The highest BCUT2D eigenvalue weighted by molar-refractivity contribution is 7.99. The first kappa shape index (κ1) is 26.0. The van der Waals surface area contributed by atoms with Crippen molar-refractivity contribution >= 4 is 23.6 Å². The lowest BCUT2D eigenvalue weighted by Crippen LogP contribution is -2.51. The minimum atomic E-state index is -0.473. The molecule has 174 valence electrons. The van der Waals surface area contributed by atoms with Crippen molar-refractivity contribution in [3.05, 3.63) is 70.3 Å². The zero-order valence-corrected chi connectivity index (χ0v) is 21.2. The molecule has 2 rings (SSSR count). The molecule has 0 heterocycles. The Kier molecular flexibility index (Phi) is 10.3. The summed E-state index contributed by atoms with van der Waals surface area (Å²) in [6, 6.07) is 14.3. The molecular formula is C27H38N2O2S. The van der Waals surface area contributed by atoms with Crippen LogP contribution in [-0.4, -0.2) is 34.6 Å². The van der Waals surface area contributed by atoms with E-state index in [0.29, 0.717) is 18.7 Å². The SMILES string of the molecule is CC[C@@H](C)NC(=O)[C@H](CC)N(Cc1ccc(C)cc1)C(=O)CSCc1cc(C)cc(C)c1. The van der Waals surface area contributed by atoms with Crippen molar-refractivity contribution in [3.63, 3.8) is 0 Å². The van der Waals surface area contributed by atoms with Gasteiger partial charge in [-0.1, -0.05) is 73.0 Å². The molecule has 2 aromatic carbocycles. The number of thioether (sulfide) groups is 1. The Balaban J connectivity index is 2.14. The first-order valence-corrected chi connectivity index (χ1v) is 12.7. The van der Waals surface area contributed by atoms with E-state index in [0.717, 1.165) is 17.7 Å². The number of hydrogen-bond acceptors (Lipinski definition) is 3. The van der Waals surface area contributed by atoms with Crippen molar-refractivity contribution in [1.29, 1.82) is 0 Å². The third-order valence-corrected chi connectivity index (χ3v) is 6.62. The van der Waals surface area contributed by atoms with Gasteiger partial charge in [0.1, 0.15) is 6.04 Å². The van der Waals surface area contributed by atoms with Gasteiger partial charge in [-0.3, -0.25) is 9.59 Å². The first-order valence-electron chi connectivity index (χ1n) is 11.5. The topological polar surface area (TPSA) is 49.4 Å². The number of rotatable bonds is 11. The summed E-state index contributed by atoms with van der Waals surface area (Å²) >= 11 is 1.61. The van der Waals surface area contributed by atoms with E-state index >= 15 is 0 Å². The van der Waals surface area contributed by atoms with Crippen LogP contribution in [0.25, 0.3) is 0 Å². The molecule has 0 spiro atoms. The van der Waals surface area contributed by atoms with Crippen LogP contribution in [0.3, 0.4) is 0 Å². The molecule has 0 unspecified atom stereocenters. The summed E-state index contributed by atoms with van der Waals surface area (Å²) in [5.41, 5.74) is 5.92. The van der Waals surface area contributed by atoms with E-state index in [2.05, 4.69) is 37.4 Å². The summed E-state index contributed by atoms with van der Waals surface area (Å²) in [7, 11) is 0. The molecule has 0 saturated carbocycles. The molecule has 4 nitrogen and oxygen atoms in total. The number of nitrogens with zero attached hydrogens (tertiary/aromatic N) is 1. The maximum Gasteiger partial charge on any atom is 0.243 e. The Morgan fingerprint density at radius 1 is 0.906 bits per heavy atom. The van der Waals surface area contributed by atoms with Gasteiger partial charge >= 0.3 is 0 Å². The quantitative estimate of drug-likeness (QED) is 0.483. The van der Waals surface area contributed by atoms with Crippen LogP contribution < -0.4 is 5.32 Å². The average Bonchev–Trinajstić information content (AvgIpc) is 2.74. The molecule has 2 atom stereocenters.